The third kappa shape index (κ3) is 4.12. The Labute approximate surface area is 126 Å². The van der Waals surface area contributed by atoms with Crippen LogP contribution in [0.2, 0.25) is 0 Å². The van der Waals surface area contributed by atoms with Crippen molar-refractivity contribution in [3.63, 3.8) is 0 Å². The van der Waals surface area contributed by atoms with Gasteiger partial charge in [-0.1, -0.05) is 62.4 Å². The van der Waals surface area contributed by atoms with Crippen LogP contribution in [0.25, 0.3) is 0 Å². The molecule has 2 rings (SSSR count). The van der Waals surface area contributed by atoms with E-state index in [1.165, 1.54) is 11.1 Å². The van der Waals surface area contributed by atoms with Gasteiger partial charge in [0, 0.05) is 11.8 Å². The minimum absolute atomic E-state index is 0.0510. The van der Waals surface area contributed by atoms with Crippen LogP contribution in [-0.2, 0) is 12.8 Å². The Morgan fingerprint density at radius 1 is 1.05 bits per heavy atom. The fourth-order valence-corrected chi connectivity index (χ4v) is 2.25. The highest BCUT2D eigenvalue weighted by Gasteiger charge is 2.03. The number of Topliss-reactive ketones (excluding diaryl/α,β-unsaturated/α-hetero) is 1. The molecule has 0 atom stereocenters. The van der Waals surface area contributed by atoms with Gasteiger partial charge in [-0.3, -0.25) is 9.79 Å². The van der Waals surface area contributed by atoms with Crippen LogP contribution in [0.1, 0.15) is 40.9 Å². The molecule has 0 heterocycles. The number of hydrogen-bond acceptors (Lipinski definition) is 2. The highest BCUT2D eigenvalue weighted by Crippen LogP contribution is 2.12. The third-order valence-corrected chi connectivity index (χ3v) is 3.56. The summed E-state index contributed by atoms with van der Waals surface area (Å²) >= 11 is 0. The number of rotatable bonds is 6. The second-order valence-corrected chi connectivity index (χ2v) is 5.00. The van der Waals surface area contributed by atoms with Crippen molar-refractivity contribution in [1.82, 2.24) is 0 Å². The molecule has 0 fully saturated rings. The van der Waals surface area contributed by atoms with Gasteiger partial charge in [-0.25, -0.2) is 0 Å². The molecule has 0 unspecified atom stereocenters. The van der Waals surface area contributed by atoms with E-state index in [-0.39, 0.29) is 12.3 Å². The van der Waals surface area contributed by atoms with Crippen LogP contribution < -0.4 is 0 Å². The quantitative estimate of drug-likeness (QED) is 0.578. The molecule has 21 heavy (non-hydrogen) atoms. The van der Waals surface area contributed by atoms with Gasteiger partial charge in [0.05, 0.1) is 0 Å². The Kier molecular flexibility index (Phi) is 5.44. The molecular formula is C19H21NO. The predicted octanol–water partition coefficient (Wildman–Crippen LogP) is 4.11. The van der Waals surface area contributed by atoms with E-state index in [4.69, 9.17) is 0 Å². The summed E-state index contributed by atoms with van der Waals surface area (Å²) < 4.78 is 0. The molecule has 0 aliphatic heterocycles. The number of carbonyl (C=O) groups excluding carboxylic acids is 1. The first kappa shape index (κ1) is 15.2. The topological polar surface area (TPSA) is 29.4 Å². The van der Waals surface area contributed by atoms with E-state index in [0.717, 1.165) is 18.4 Å². The first-order valence-corrected chi connectivity index (χ1v) is 7.44. The molecule has 0 N–H and O–H groups in total. The van der Waals surface area contributed by atoms with Gasteiger partial charge in [0.1, 0.15) is 6.54 Å². The van der Waals surface area contributed by atoms with Gasteiger partial charge in [-0.2, -0.15) is 0 Å². The summed E-state index contributed by atoms with van der Waals surface area (Å²) in [5.41, 5.74) is 4.44. The number of aryl methyl sites for hydroxylation is 2. The average molecular weight is 279 g/mol. The van der Waals surface area contributed by atoms with Gasteiger partial charge in [-0.05, 0) is 29.5 Å². The van der Waals surface area contributed by atoms with E-state index in [0.29, 0.717) is 5.56 Å². The molecule has 0 amide bonds. The van der Waals surface area contributed by atoms with Crippen molar-refractivity contribution in [2.24, 2.45) is 4.99 Å². The SMILES string of the molecule is CCc1ccc(C=NCC(=O)c2ccccc2)c(CC)c1. The second kappa shape index (κ2) is 7.53. The normalized spacial score (nSPS) is 11.0. The van der Waals surface area contributed by atoms with Gasteiger partial charge in [0.2, 0.25) is 0 Å². The van der Waals surface area contributed by atoms with E-state index >= 15 is 0 Å². The van der Waals surface area contributed by atoms with Crippen molar-refractivity contribution in [2.75, 3.05) is 6.54 Å². The predicted molar refractivity (Wildman–Crippen MR) is 88.4 cm³/mol. The smallest absolute Gasteiger partial charge is 0.184 e. The van der Waals surface area contributed by atoms with Gasteiger partial charge < -0.3 is 0 Å². The van der Waals surface area contributed by atoms with Crippen LogP contribution in [0.5, 0.6) is 0 Å². The zero-order valence-corrected chi connectivity index (χ0v) is 12.7. The summed E-state index contributed by atoms with van der Waals surface area (Å²) in [5.74, 6) is 0.0510. The van der Waals surface area contributed by atoms with Gasteiger partial charge in [-0.15, -0.1) is 0 Å². The zero-order chi connectivity index (χ0) is 15.1. The Morgan fingerprint density at radius 2 is 1.81 bits per heavy atom. The zero-order valence-electron chi connectivity index (χ0n) is 12.7. The maximum Gasteiger partial charge on any atom is 0.184 e. The maximum absolute atomic E-state index is 12.0. The van der Waals surface area contributed by atoms with Crippen LogP contribution in [0.3, 0.4) is 0 Å². The molecule has 2 aromatic rings. The lowest BCUT2D eigenvalue weighted by Crippen LogP contribution is -2.03. The molecular weight excluding hydrogens is 258 g/mol. The minimum atomic E-state index is 0.0510. The highest BCUT2D eigenvalue weighted by molar-refractivity contribution is 5.98. The van der Waals surface area contributed by atoms with Crippen molar-refractivity contribution in [3.8, 4) is 0 Å². The van der Waals surface area contributed by atoms with Gasteiger partial charge in [0.15, 0.2) is 5.78 Å². The lowest BCUT2D eigenvalue weighted by atomic mass is 10.0. The third-order valence-electron chi connectivity index (χ3n) is 3.56. The number of ketones is 1. The first-order valence-electron chi connectivity index (χ1n) is 7.44. The number of benzene rings is 2. The van der Waals surface area contributed by atoms with Gasteiger partial charge in [0.25, 0.3) is 0 Å². The van der Waals surface area contributed by atoms with E-state index in [1.54, 1.807) is 0 Å². The fraction of sp³-hybridized carbons (Fsp3) is 0.263. The number of nitrogens with zero attached hydrogens (tertiary/aromatic N) is 1. The van der Waals surface area contributed by atoms with Crippen LogP contribution in [0, 0.1) is 0 Å². The molecule has 0 aromatic heterocycles. The number of carbonyl (C=O) groups is 1. The van der Waals surface area contributed by atoms with Gasteiger partial charge >= 0.3 is 0 Å². The molecule has 0 bridgehead atoms. The largest absolute Gasteiger partial charge is 0.292 e. The summed E-state index contributed by atoms with van der Waals surface area (Å²) in [4.78, 5) is 16.3. The van der Waals surface area contributed by atoms with Crippen LogP contribution in [-0.4, -0.2) is 18.5 Å². The van der Waals surface area contributed by atoms with Crippen molar-refractivity contribution < 1.29 is 4.79 Å². The van der Waals surface area contributed by atoms with Crippen LogP contribution in [0.4, 0.5) is 0 Å². The summed E-state index contributed by atoms with van der Waals surface area (Å²) in [6.07, 6.45) is 3.83. The van der Waals surface area contributed by atoms with Crippen molar-refractivity contribution in [1.29, 1.82) is 0 Å². The first-order chi connectivity index (χ1) is 10.2. The monoisotopic (exact) mass is 279 g/mol. The molecule has 0 spiro atoms. The van der Waals surface area contributed by atoms with Crippen molar-refractivity contribution >= 4 is 12.0 Å². The molecule has 108 valence electrons. The molecule has 2 nitrogen and oxygen atoms in total. The Morgan fingerprint density at radius 3 is 2.48 bits per heavy atom. The summed E-state index contributed by atoms with van der Waals surface area (Å²) in [6, 6.07) is 15.7. The second-order valence-electron chi connectivity index (χ2n) is 5.00. The molecule has 0 aliphatic carbocycles. The van der Waals surface area contributed by atoms with E-state index in [2.05, 4.69) is 37.0 Å². The summed E-state index contributed by atoms with van der Waals surface area (Å²) in [7, 11) is 0. The highest BCUT2D eigenvalue weighted by atomic mass is 16.1. The summed E-state index contributed by atoms with van der Waals surface area (Å²) in [5, 5.41) is 0. The molecule has 0 aliphatic rings. The molecule has 0 saturated heterocycles. The standard InChI is InChI=1S/C19H21NO/c1-3-15-10-11-18(16(4-2)12-15)13-20-14-19(21)17-8-6-5-7-9-17/h5-13H,3-4,14H2,1-2H3. The Balaban J connectivity index is 2.06. The maximum atomic E-state index is 12.0. The lowest BCUT2D eigenvalue weighted by Gasteiger charge is -2.05. The fourth-order valence-electron chi connectivity index (χ4n) is 2.25. The number of aliphatic imine (C=N–C) groups is 1. The van der Waals surface area contributed by atoms with Crippen molar-refractivity contribution in [2.45, 2.75) is 26.7 Å². The van der Waals surface area contributed by atoms with E-state index < -0.39 is 0 Å². The molecule has 0 radical (unpaired) electrons. The minimum Gasteiger partial charge on any atom is -0.292 e. The van der Waals surface area contributed by atoms with Crippen LogP contribution >= 0.6 is 0 Å². The Hall–Kier alpha value is -2.22. The molecule has 2 aromatic carbocycles. The average Bonchev–Trinajstić information content (AvgIpc) is 2.55. The lowest BCUT2D eigenvalue weighted by molar-refractivity contribution is 0.100. The number of hydrogen-bond donors (Lipinski definition) is 0. The molecule has 2 heteroatoms. The van der Waals surface area contributed by atoms with Crippen LogP contribution in [0.15, 0.2) is 53.5 Å². The Bertz CT molecular complexity index is 629. The molecule has 0 saturated carbocycles. The van der Waals surface area contributed by atoms with Crippen molar-refractivity contribution in [3.05, 3.63) is 70.8 Å². The summed E-state index contributed by atoms with van der Waals surface area (Å²) in [6.45, 7) is 4.49. The van der Waals surface area contributed by atoms with E-state index in [1.807, 2.05) is 36.5 Å². The van der Waals surface area contributed by atoms with E-state index in [9.17, 15) is 4.79 Å².